The first-order valence-electron chi connectivity index (χ1n) is 6.59. The molecule has 0 aromatic heterocycles. The first-order chi connectivity index (χ1) is 10.4. The van der Waals surface area contributed by atoms with Crippen molar-refractivity contribution < 1.29 is 9.63 Å². The molecule has 0 radical (unpaired) electrons. The van der Waals surface area contributed by atoms with Crippen LogP contribution in [0.3, 0.4) is 0 Å². The van der Waals surface area contributed by atoms with Crippen LogP contribution < -0.4 is 10.4 Å². The Bertz CT molecular complexity index is 639. The van der Waals surface area contributed by atoms with Gasteiger partial charge in [-0.05, 0) is 36.4 Å². The number of amides is 1. The maximum atomic E-state index is 12.8. The van der Waals surface area contributed by atoms with Gasteiger partial charge in [-0.3, -0.25) is 9.69 Å². The second-order valence-corrected chi connectivity index (χ2v) is 4.44. The van der Waals surface area contributed by atoms with Gasteiger partial charge in [-0.2, -0.15) is 0 Å². The van der Waals surface area contributed by atoms with Crippen LogP contribution in [0.1, 0.15) is 0 Å². The van der Waals surface area contributed by atoms with Crippen LogP contribution >= 0.6 is 0 Å². The first kappa shape index (κ1) is 13.0. The molecule has 1 heterocycles. The van der Waals surface area contributed by atoms with Crippen molar-refractivity contribution in [1.82, 2.24) is 5.48 Å². The molecule has 0 aliphatic carbocycles. The van der Waals surface area contributed by atoms with Crippen molar-refractivity contribution in [3.05, 3.63) is 84.8 Å². The predicted octanol–water partition coefficient (Wildman–Crippen LogP) is 3.28. The lowest BCUT2D eigenvalue weighted by atomic mass is 10.2. The third kappa shape index (κ3) is 2.79. The Morgan fingerprint density at radius 2 is 1.48 bits per heavy atom. The summed E-state index contributed by atoms with van der Waals surface area (Å²) in [6, 6.07) is 19.0. The van der Waals surface area contributed by atoms with Gasteiger partial charge in [0.2, 0.25) is 0 Å². The molecule has 1 aliphatic heterocycles. The topological polar surface area (TPSA) is 41.6 Å². The summed E-state index contributed by atoms with van der Waals surface area (Å²) < 4.78 is 0. The SMILES string of the molecule is O=C(C1=CC=CON1)N(c1ccccc1)c1ccccc1. The van der Waals surface area contributed by atoms with Gasteiger partial charge in [-0.15, -0.1) is 0 Å². The molecule has 1 amide bonds. The fourth-order valence-corrected chi connectivity index (χ4v) is 2.08. The molecule has 3 rings (SSSR count). The lowest BCUT2D eigenvalue weighted by Crippen LogP contribution is -2.33. The number of hydrogen-bond donors (Lipinski definition) is 1. The molecule has 2 aromatic rings. The number of hydroxylamine groups is 1. The molecule has 0 atom stereocenters. The van der Waals surface area contributed by atoms with Crippen LogP contribution in [0.25, 0.3) is 0 Å². The fourth-order valence-electron chi connectivity index (χ4n) is 2.08. The van der Waals surface area contributed by atoms with Crippen molar-refractivity contribution in [2.75, 3.05) is 4.90 Å². The van der Waals surface area contributed by atoms with Gasteiger partial charge in [0.15, 0.2) is 0 Å². The molecule has 4 heteroatoms. The van der Waals surface area contributed by atoms with Gasteiger partial charge >= 0.3 is 0 Å². The van der Waals surface area contributed by atoms with E-state index in [2.05, 4.69) is 5.48 Å². The molecule has 0 unspecified atom stereocenters. The number of anilines is 2. The van der Waals surface area contributed by atoms with Crippen LogP contribution in [-0.4, -0.2) is 5.91 Å². The largest absolute Gasteiger partial charge is 0.390 e. The van der Waals surface area contributed by atoms with Crippen molar-refractivity contribution in [3.63, 3.8) is 0 Å². The minimum absolute atomic E-state index is 0.184. The van der Waals surface area contributed by atoms with Crippen LogP contribution in [0.15, 0.2) is 84.8 Å². The average Bonchev–Trinajstić information content (AvgIpc) is 2.58. The minimum atomic E-state index is -0.184. The van der Waals surface area contributed by atoms with Crippen LogP contribution in [0.5, 0.6) is 0 Å². The summed E-state index contributed by atoms with van der Waals surface area (Å²) in [6.07, 6.45) is 4.84. The highest BCUT2D eigenvalue weighted by atomic mass is 16.6. The first-order valence-corrected chi connectivity index (χ1v) is 6.59. The molecular formula is C17H14N2O2. The predicted molar refractivity (Wildman–Crippen MR) is 81.5 cm³/mol. The number of rotatable bonds is 3. The monoisotopic (exact) mass is 278 g/mol. The number of carbonyl (C=O) groups excluding carboxylic acids is 1. The van der Waals surface area contributed by atoms with E-state index in [1.165, 1.54) is 6.26 Å². The lowest BCUT2D eigenvalue weighted by molar-refractivity contribution is -0.115. The maximum absolute atomic E-state index is 12.8. The molecule has 2 aromatic carbocycles. The molecule has 0 saturated heterocycles. The summed E-state index contributed by atoms with van der Waals surface area (Å²) in [5.74, 6) is -0.184. The zero-order valence-electron chi connectivity index (χ0n) is 11.3. The number of benzene rings is 2. The molecule has 0 spiro atoms. The van der Waals surface area contributed by atoms with Gasteiger partial charge in [-0.25, -0.2) is 5.48 Å². The number of nitrogens with one attached hydrogen (secondary N) is 1. The van der Waals surface area contributed by atoms with Gasteiger partial charge < -0.3 is 4.84 Å². The number of nitrogens with zero attached hydrogens (tertiary/aromatic N) is 1. The Morgan fingerprint density at radius 1 is 0.905 bits per heavy atom. The Kier molecular flexibility index (Phi) is 3.69. The van der Waals surface area contributed by atoms with Crippen LogP contribution in [0, 0.1) is 0 Å². The van der Waals surface area contributed by atoms with E-state index in [9.17, 15) is 4.79 Å². The van der Waals surface area contributed by atoms with E-state index >= 15 is 0 Å². The molecule has 0 saturated carbocycles. The minimum Gasteiger partial charge on any atom is -0.390 e. The van der Waals surface area contributed by atoms with Crippen molar-refractivity contribution in [3.8, 4) is 0 Å². The zero-order chi connectivity index (χ0) is 14.5. The van der Waals surface area contributed by atoms with E-state index in [1.807, 2.05) is 60.7 Å². The number of para-hydroxylation sites is 2. The van der Waals surface area contributed by atoms with Crippen molar-refractivity contribution >= 4 is 17.3 Å². The third-order valence-corrected chi connectivity index (χ3v) is 3.04. The van der Waals surface area contributed by atoms with E-state index < -0.39 is 0 Å². The second-order valence-electron chi connectivity index (χ2n) is 4.44. The van der Waals surface area contributed by atoms with Gasteiger partial charge in [0.05, 0.1) is 0 Å². The van der Waals surface area contributed by atoms with Crippen LogP contribution in [0.4, 0.5) is 11.4 Å². The van der Waals surface area contributed by atoms with Gasteiger partial charge in [0, 0.05) is 11.4 Å². The van der Waals surface area contributed by atoms with Gasteiger partial charge in [0.1, 0.15) is 12.0 Å². The van der Waals surface area contributed by atoms with E-state index in [4.69, 9.17) is 4.84 Å². The Morgan fingerprint density at radius 3 is 1.95 bits per heavy atom. The summed E-state index contributed by atoms with van der Waals surface area (Å²) in [5.41, 5.74) is 4.60. The second kappa shape index (κ2) is 5.96. The third-order valence-electron chi connectivity index (χ3n) is 3.04. The van der Waals surface area contributed by atoms with E-state index in [-0.39, 0.29) is 5.91 Å². The summed E-state index contributed by atoms with van der Waals surface area (Å²) in [7, 11) is 0. The molecule has 0 bridgehead atoms. The highest BCUT2D eigenvalue weighted by Gasteiger charge is 2.22. The highest BCUT2D eigenvalue weighted by Crippen LogP contribution is 2.26. The number of allylic oxidation sites excluding steroid dienone is 2. The standard InChI is InChI=1S/C17H14N2O2/c20-17(16-12-7-13-21-18-16)19(14-8-3-1-4-9-14)15-10-5-2-6-11-15/h1-13,18H. The Hall–Kier alpha value is -3.01. The van der Waals surface area contributed by atoms with E-state index in [1.54, 1.807) is 17.1 Å². The van der Waals surface area contributed by atoms with Crippen molar-refractivity contribution in [2.45, 2.75) is 0 Å². The molecule has 0 fully saturated rings. The van der Waals surface area contributed by atoms with Crippen LogP contribution in [-0.2, 0) is 9.63 Å². The average molecular weight is 278 g/mol. The molecule has 1 N–H and O–H groups in total. The van der Waals surface area contributed by atoms with Crippen LogP contribution in [0.2, 0.25) is 0 Å². The summed E-state index contributed by atoms with van der Waals surface area (Å²) in [4.78, 5) is 19.4. The zero-order valence-corrected chi connectivity index (χ0v) is 11.3. The molecule has 21 heavy (non-hydrogen) atoms. The quantitative estimate of drug-likeness (QED) is 0.936. The maximum Gasteiger partial charge on any atom is 0.282 e. The number of carbonyl (C=O) groups is 1. The van der Waals surface area contributed by atoms with E-state index in [0.29, 0.717) is 5.70 Å². The Balaban J connectivity index is 2.02. The summed E-state index contributed by atoms with van der Waals surface area (Å²) in [5, 5.41) is 0. The highest BCUT2D eigenvalue weighted by molar-refractivity contribution is 6.10. The van der Waals surface area contributed by atoms with Gasteiger partial charge in [-0.1, -0.05) is 36.4 Å². The lowest BCUT2D eigenvalue weighted by Gasteiger charge is -2.24. The summed E-state index contributed by atoms with van der Waals surface area (Å²) >= 11 is 0. The smallest absolute Gasteiger partial charge is 0.282 e. The molecule has 1 aliphatic rings. The molecule has 4 nitrogen and oxygen atoms in total. The fraction of sp³-hybridized carbons (Fsp3) is 0. The van der Waals surface area contributed by atoms with Crippen molar-refractivity contribution in [1.29, 1.82) is 0 Å². The molecule has 104 valence electrons. The van der Waals surface area contributed by atoms with Gasteiger partial charge in [0.25, 0.3) is 5.91 Å². The Labute approximate surface area is 122 Å². The number of hydrogen-bond acceptors (Lipinski definition) is 3. The molecular weight excluding hydrogens is 264 g/mol. The summed E-state index contributed by atoms with van der Waals surface area (Å²) in [6.45, 7) is 0. The van der Waals surface area contributed by atoms with E-state index in [0.717, 1.165) is 11.4 Å². The van der Waals surface area contributed by atoms with Crippen molar-refractivity contribution in [2.24, 2.45) is 0 Å². The normalized spacial score (nSPS) is 12.9.